The molecule has 3 rings (SSSR count). The van der Waals surface area contributed by atoms with Crippen LogP contribution in [0.5, 0.6) is 5.75 Å². The lowest BCUT2D eigenvalue weighted by molar-refractivity contribution is -0.110. The molecule has 17 heavy (non-hydrogen) atoms. The highest BCUT2D eigenvalue weighted by Crippen LogP contribution is 2.40. The average Bonchev–Trinajstić information content (AvgIpc) is 2.32. The van der Waals surface area contributed by atoms with Crippen LogP contribution in [0.3, 0.4) is 0 Å². The van der Waals surface area contributed by atoms with Gasteiger partial charge in [0.05, 0.1) is 11.4 Å². The number of allylic oxidation sites excluding steroid dienone is 4. The first-order valence-electron chi connectivity index (χ1n) is 5.51. The molecular weight excluding hydrogens is 214 g/mol. The maximum absolute atomic E-state index is 11.4. The van der Waals surface area contributed by atoms with Crippen molar-refractivity contribution in [3.63, 3.8) is 0 Å². The van der Waals surface area contributed by atoms with E-state index in [9.17, 15) is 9.90 Å². The van der Waals surface area contributed by atoms with Crippen molar-refractivity contribution in [3.05, 3.63) is 47.6 Å². The van der Waals surface area contributed by atoms with Crippen molar-refractivity contribution in [1.29, 1.82) is 0 Å². The van der Waals surface area contributed by atoms with Gasteiger partial charge in [-0.1, -0.05) is 6.92 Å². The predicted octanol–water partition coefficient (Wildman–Crippen LogP) is 2.65. The molecule has 0 amide bonds. The van der Waals surface area contributed by atoms with Crippen LogP contribution < -0.4 is 0 Å². The first-order chi connectivity index (χ1) is 8.15. The summed E-state index contributed by atoms with van der Waals surface area (Å²) in [6.45, 7) is 2.02. The van der Waals surface area contributed by atoms with E-state index in [4.69, 9.17) is 0 Å². The Morgan fingerprint density at radius 3 is 2.94 bits per heavy atom. The third kappa shape index (κ3) is 1.51. The molecule has 0 saturated carbocycles. The molecule has 1 aromatic carbocycles. The summed E-state index contributed by atoms with van der Waals surface area (Å²) >= 11 is 0. The summed E-state index contributed by atoms with van der Waals surface area (Å²) in [6.07, 6.45) is 4.90. The maximum atomic E-state index is 11.4. The molecule has 3 heteroatoms. The first kappa shape index (κ1) is 10.0. The summed E-state index contributed by atoms with van der Waals surface area (Å²) < 4.78 is 0. The van der Waals surface area contributed by atoms with Crippen LogP contribution in [0.15, 0.2) is 47.0 Å². The molecule has 1 aliphatic heterocycles. The largest absolute Gasteiger partial charge is 0.508 e. The van der Waals surface area contributed by atoms with Gasteiger partial charge < -0.3 is 5.11 Å². The summed E-state index contributed by atoms with van der Waals surface area (Å²) in [5, 5.41) is 9.51. The van der Waals surface area contributed by atoms with Crippen LogP contribution in [0.2, 0.25) is 0 Å². The van der Waals surface area contributed by atoms with Crippen LogP contribution >= 0.6 is 0 Å². The van der Waals surface area contributed by atoms with Crippen LogP contribution in [-0.4, -0.2) is 16.6 Å². The molecule has 0 bridgehead atoms. The van der Waals surface area contributed by atoms with E-state index < -0.39 is 0 Å². The topological polar surface area (TPSA) is 49.7 Å². The van der Waals surface area contributed by atoms with Gasteiger partial charge in [0.1, 0.15) is 5.75 Å². The number of hydrogen-bond donors (Lipinski definition) is 1. The smallest absolute Gasteiger partial charge is 0.179 e. The van der Waals surface area contributed by atoms with Gasteiger partial charge in [0.2, 0.25) is 0 Å². The van der Waals surface area contributed by atoms with E-state index in [1.165, 1.54) is 6.08 Å². The number of phenolic OH excluding ortho intramolecular Hbond substituents is 1. The lowest BCUT2D eigenvalue weighted by atomic mass is 9.83. The van der Waals surface area contributed by atoms with E-state index in [0.29, 0.717) is 0 Å². The summed E-state index contributed by atoms with van der Waals surface area (Å²) in [5.41, 5.74) is 3.59. The number of aliphatic imine (C=N–C) groups is 1. The van der Waals surface area contributed by atoms with Crippen molar-refractivity contribution in [2.75, 3.05) is 0 Å². The SMILES string of the molecule is CC1C2=CC(=O)C=CC2=Nc2ccc(O)cc21. The van der Waals surface area contributed by atoms with Crippen molar-refractivity contribution in [2.45, 2.75) is 12.8 Å². The van der Waals surface area contributed by atoms with Gasteiger partial charge in [0, 0.05) is 5.92 Å². The highest BCUT2D eigenvalue weighted by Gasteiger charge is 2.25. The Bertz CT molecular complexity index is 609. The Balaban J connectivity index is 2.22. The Labute approximate surface area is 98.8 Å². The fraction of sp³-hybridized carbons (Fsp3) is 0.143. The Hall–Kier alpha value is -2.16. The minimum Gasteiger partial charge on any atom is -0.508 e. The fourth-order valence-electron chi connectivity index (χ4n) is 2.27. The number of phenols is 1. The van der Waals surface area contributed by atoms with Crippen LogP contribution in [0, 0.1) is 0 Å². The number of aromatic hydroxyl groups is 1. The second-order valence-electron chi connectivity index (χ2n) is 4.30. The second-order valence-corrected chi connectivity index (χ2v) is 4.30. The van der Waals surface area contributed by atoms with Gasteiger partial charge in [-0.05, 0) is 47.6 Å². The van der Waals surface area contributed by atoms with E-state index in [0.717, 1.165) is 22.5 Å². The average molecular weight is 225 g/mol. The molecule has 0 radical (unpaired) electrons. The lowest BCUT2D eigenvalue weighted by Crippen LogP contribution is -2.16. The Morgan fingerprint density at radius 1 is 1.29 bits per heavy atom. The number of fused-ring (bicyclic) bond motifs is 2. The van der Waals surface area contributed by atoms with E-state index >= 15 is 0 Å². The monoisotopic (exact) mass is 225 g/mol. The molecule has 1 aromatic rings. The van der Waals surface area contributed by atoms with Crippen LogP contribution in [0.25, 0.3) is 0 Å². The third-order valence-electron chi connectivity index (χ3n) is 3.18. The summed E-state index contributed by atoms with van der Waals surface area (Å²) in [4.78, 5) is 15.9. The molecule has 0 aromatic heterocycles. The van der Waals surface area contributed by atoms with Gasteiger partial charge in [-0.25, -0.2) is 4.99 Å². The second kappa shape index (κ2) is 3.42. The van der Waals surface area contributed by atoms with E-state index in [2.05, 4.69) is 4.99 Å². The minimum atomic E-state index is -0.00518. The number of ketones is 1. The third-order valence-corrected chi connectivity index (χ3v) is 3.18. The molecular formula is C14H11NO2. The van der Waals surface area contributed by atoms with E-state index in [1.54, 1.807) is 30.4 Å². The quantitative estimate of drug-likeness (QED) is 0.690. The molecule has 0 spiro atoms. The Morgan fingerprint density at radius 2 is 2.12 bits per heavy atom. The summed E-state index contributed by atoms with van der Waals surface area (Å²) in [6, 6.07) is 5.14. The van der Waals surface area contributed by atoms with E-state index in [-0.39, 0.29) is 17.5 Å². The van der Waals surface area contributed by atoms with E-state index in [1.807, 2.05) is 6.92 Å². The molecule has 84 valence electrons. The van der Waals surface area contributed by atoms with Gasteiger partial charge in [0.15, 0.2) is 5.78 Å². The zero-order valence-electron chi connectivity index (χ0n) is 9.34. The normalized spacial score (nSPS) is 21.5. The van der Waals surface area contributed by atoms with Gasteiger partial charge in [-0.15, -0.1) is 0 Å². The predicted molar refractivity (Wildman–Crippen MR) is 65.8 cm³/mol. The zero-order valence-corrected chi connectivity index (χ0v) is 9.34. The number of carbonyl (C=O) groups is 1. The van der Waals surface area contributed by atoms with Crippen LogP contribution in [0.1, 0.15) is 18.4 Å². The molecule has 1 aliphatic carbocycles. The highest BCUT2D eigenvalue weighted by atomic mass is 16.3. The van der Waals surface area contributed by atoms with Crippen molar-refractivity contribution in [1.82, 2.24) is 0 Å². The van der Waals surface area contributed by atoms with Crippen molar-refractivity contribution in [3.8, 4) is 5.75 Å². The zero-order chi connectivity index (χ0) is 12.0. The molecule has 3 nitrogen and oxygen atoms in total. The van der Waals surface area contributed by atoms with Crippen LogP contribution in [0.4, 0.5) is 5.69 Å². The number of hydrogen-bond acceptors (Lipinski definition) is 3. The molecule has 2 aliphatic rings. The molecule has 1 N–H and O–H groups in total. The molecule has 1 unspecified atom stereocenters. The number of carbonyl (C=O) groups excluding carboxylic acids is 1. The van der Waals surface area contributed by atoms with Gasteiger partial charge in [0.25, 0.3) is 0 Å². The molecule has 1 atom stereocenters. The van der Waals surface area contributed by atoms with Gasteiger partial charge in [-0.3, -0.25) is 4.79 Å². The lowest BCUT2D eigenvalue weighted by Gasteiger charge is -2.25. The maximum Gasteiger partial charge on any atom is 0.179 e. The standard InChI is InChI=1S/C14H11NO2/c1-8-11-6-9(16)2-4-13(11)15-14-5-3-10(17)7-12(8)14/h2-8,16H,1H3. The number of nitrogens with zero attached hydrogens (tertiary/aromatic N) is 1. The highest BCUT2D eigenvalue weighted by molar-refractivity contribution is 6.21. The Kier molecular flexibility index (Phi) is 2.01. The number of benzene rings is 1. The van der Waals surface area contributed by atoms with Gasteiger partial charge in [-0.2, -0.15) is 0 Å². The fourth-order valence-corrected chi connectivity index (χ4v) is 2.27. The summed E-state index contributed by atoms with van der Waals surface area (Å²) in [5.74, 6) is 0.306. The number of rotatable bonds is 0. The van der Waals surface area contributed by atoms with Crippen LogP contribution in [-0.2, 0) is 4.79 Å². The molecule has 0 fully saturated rings. The summed E-state index contributed by atoms with van der Waals surface area (Å²) in [7, 11) is 0. The van der Waals surface area contributed by atoms with Crippen molar-refractivity contribution >= 4 is 17.2 Å². The van der Waals surface area contributed by atoms with Crippen molar-refractivity contribution in [2.24, 2.45) is 4.99 Å². The van der Waals surface area contributed by atoms with Gasteiger partial charge >= 0.3 is 0 Å². The molecule has 0 saturated heterocycles. The molecule has 1 heterocycles. The van der Waals surface area contributed by atoms with Crippen molar-refractivity contribution < 1.29 is 9.90 Å². The first-order valence-corrected chi connectivity index (χ1v) is 5.51. The minimum absolute atomic E-state index is 0.00518.